The van der Waals surface area contributed by atoms with Gasteiger partial charge in [-0.1, -0.05) is 11.8 Å². The van der Waals surface area contributed by atoms with E-state index < -0.39 is 0 Å². The molecule has 0 N–H and O–H groups in total. The Kier molecular flexibility index (Phi) is 5.46. The monoisotopic (exact) mass is 348 g/mol. The third-order valence-electron chi connectivity index (χ3n) is 4.57. The number of rotatable bonds is 4. The zero-order chi connectivity index (χ0) is 17.1. The van der Waals surface area contributed by atoms with Gasteiger partial charge in [-0.2, -0.15) is 0 Å². The molecule has 1 atom stereocenters. The second-order valence-corrected chi connectivity index (χ2v) is 7.64. The number of ether oxygens (including phenoxy) is 1. The van der Waals surface area contributed by atoms with Crippen LogP contribution in [0, 0.1) is 12.8 Å². The summed E-state index contributed by atoms with van der Waals surface area (Å²) < 4.78 is 5.40. The molecule has 2 fully saturated rings. The van der Waals surface area contributed by atoms with Crippen LogP contribution in [-0.2, 0) is 14.3 Å². The van der Waals surface area contributed by atoms with Gasteiger partial charge in [0.2, 0.25) is 5.91 Å². The van der Waals surface area contributed by atoms with Crippen molar-refractivity contribution >= 4 is 34.2 Å². The highest BCUT2D eigenvalue weighted by Crippen LogP contribution is 2.32. The van der Waals surface area contributed by atoms with Crippen LogP contribution in [0.1, 0.15) is 18.9 Å². The Balaban J connectivity index is 1.70. The summed E-state index contributed by atoms with van der Waals surface area (Å²) in [7, 11) is 0. The summed E-state index contributed by atoms with van der Waals surface area (Å²) in [6.07, 6.45) is 0.533. The Morgan fingerprint density at radius 1 is 1.33 bits per heavy atom. The highest BCUT2D eigenvalue weighted by atomic mass is 32.2. The Labute approximate surface area is 147 Å². The van der Waals surface area contributed by atoms with Gasteiger partial charge in [-0.15, -0.1) is 0 Å². The van der Waals surface area contributed by atoms with Crippen molar-refractivity contribution < 1.29 is 14.3 Å². The molecule has 1 unspecified atom stereocenters. The fourth-order valence-corrected chi connectivity index (χ4v) is 4.02. The van der Waals surface area contributed by atoms with Crippen LogP contribution < -0.4 is 9.80 Å². The molecule has 1 aromatic carbocycles. The first-order valence-electron chi connectivity index (χ1n) is 8.41. The van der Waals surface area contributed by atoms with E-state index in [1.54, 1.807) is 6.92 Å². The van der Waals surface area contributed by atoms with Crippen LogP contribution in [0.4, 0.5) is 11.4 Å². The first-order valence-corrected chi connectivity index (χ1v) is 9.40. The first-order chi connectivity index (χ1) is 11.5. The zero-order valence-electron chi connectivity index (χ0n) is 14.3. The van der Waals surface area contributed by atoms with Crippen LogP contribution in [0.5, 0.6) is 0 Å². The molecule has 2 aliphatic heterocycles. The minimum absolute atomic E-state index is 0.118. The van der Waals surface area contributed by atoms with E-state index in [1.807, 2.05) is 4.90 Å². The molecule has 2 heterocycles. The van der Waals surface area contributed by atoms with E-state index in [0.29, 0.717) is 13.0 Å². The molecule has 2 saturated heterocycles. The van der Waals surface area contributed by atoms with Crippen LogP contribution >= 0.6 is 11.8 Å². The highest BCUT2D eigenvalue weighted by Gasteiger charge is 2.31. The lowest BCUT2D eigenvalue weighted by Gasteiger charge is -2.30. The van der Waals surface area contributed by atoms with E-state index in [1.165, 1.54) is 17.4 Å². The Morgan fingerprint density at radius 3 is 2.75 bits per heavy atom. The Hall–Kier alpha value is -1.53. The smallest absolute Gasteiger partial charge is 0.227 e. The predicted octanol–water partition coefficient (Wildman–Crippen LogP) is 2.46. The molecule has 0 saturated carbocycles. The molecule has 2 aliphatic rings. The molecule has 1 amide bonds. The second kappa shape index (κ2) is 7.57. The Bertz CT molecular complexity index is 629. The molecule has 0 radical (unpaired) electrons. The maximum atomic E-state index is 12.4. The van der Waals surface area contributed by atoms with Crippen molar-refractivity contribution in [3.63, 3.8) is 0 Å². The van der Waals surface area contributed by atoms with E-state index in [4.69, 9.17) is 4.74 Å². The van der Waals surface area contributed by atoms with E-state index in [2.05, 4.69) is 30.0 Å². The van der Waals surface area contributed by atoms with Gasteiger partial charge in [0.15, 0.2) is 5.12 Å². The lowest BCUT2D eigenvalue weighted by Crippen LogP contribution is -2.36. The van der Waals surface area contributed by atoms with Crippen molar-refractivity contribution in [2.24, 2.45) is 5.92 Å². The topological polar surface area (TPSA) is 49.9 Å². The summed E-state index contributed by atoms with van der Waals surface area (Å²) in [4.78, 5) is 27.7. The molecule has 3 rings (SSSR count). The van der Waals surface area contributed by atoms with Gasteiger partial charge in [-0.05, 0) is 36.6 Å². The van der Waals surface area contributed by atoms with Crippen molar-refractivity contribution in [1.29, 1.82) is 0 Å². The summed E-state index contributed by atoms with van der Waals surface area (Å²) in [5, 5.41) is 0.118. The third kappa shape index (κ3) is 3.92. The number of benzene rings is 1. The number of morpholine rings is 1. The van der Waals surface area contributed by atoms with Gasteiger partial charge >= 0.3 is 0 Å². The number of hydrogen-bond acceptors (Lipinski definition) is 5. The molecule has 0 bridgehead atoms. The average Bonchev–Trinajstić information content (AvgIpc) is 2.94. The maximum Gasteiger partial charge on any atom is 0.227 e. The van der Waals surface area contributed by atoms with Gasteiger partial charge in [0.05, 0.1) is 13.2 Å². The molecule has 130 valence electrons. The van der Waals surface area contributed by atoms with E-state index in [0.717, 1.165) is 43.3 Å². The van der Waals surface area contributed by atoms with Gasteiger partial charge in [0.25, 0.3) is 0 Å². The SMILES string of the molecule is CC(=O)SCC1CC(=O)N(c2ccc(N3CCOCC3)cc2C)C1. The van der Waals surface area contributed by atoms with Gasteiger partial charge in [-0.25, -0.2) is 0 Å². The van der Waals surface area contributed by atoms with Crippen LogP contribution in [-0.4, -0.2) is 49.6 Å². The van der Waals surface area contributed by atoms with Gasteiger partial charge in [-0.3, -0.25) is 9.59 Å². The molecular weight excluding hydrogens is 324 g/mol. The maximum absolute atomic E-state index is 12.4. The summed E-state index contributed by atoms with van der Waals surface area (Å²) in [5.74, 6) is 1.14. The fraction of sp³-hybridized carbons (Fsp3) is 0.556. The first kappa shape index (κ1) is 17.3. The van der Waals surface area contributed by atoms with Crippen LogP contribution in [0.3, 0.4) is 0 Å². The number of carbonyl (C=O) groups is 2. The molecule has 5 nitrogen and oxygen atoms in total. The largest absolute Gasteiger partial charge is 0.378 e. The number of carbonyl (C=O) groups excluding carboxylic acids is 2. The lowest BCUT2D eigenvalue weighted by atomic mass is 10.1. The minimum atomic E-state index is 0.118. The molecule has 0 aliphatic carbocycles. The molecular formula is C18H24N2O3S. The van der Waals surface area contributed by atoms with Gasteiger partial charge in [0, 0.05) is 50.1 Å². The normalized spacial score (nSPS) is 21.4. The third-order valence-corrected chi connectivity index (χ3v) is 5.62. The van der Waals surface area contributed by atoms with Crippen LogP contribution in [0.25, 0.3) is 0 Å². The summed E-state index contributed by atoms with van der Waals surface area (Å²) in [5.41, 5.74) is 3.30. The highest BCUT2D eigenvalue weighted by molar-refractivity contribution is 8.13. The van der Waals surface area contributed by atoms with Crippen LogP contribution in [0.15, 0.2) is 18.2 Å². The zero-order valence-corrected chi connectivity index (χ0v) is 15.1. The molecule has 0 spiro atoms. The van der Waals surface area contributed by atoms with Crippen LogP contribution in [0.2, 0.25) is 0 Å². The second-order valence-electron chi connectivity index (χ2n) is 6.45. The van der Waals surface area contributed by atoms with Crippen molar-refractivity contribution in [3.8, 4) is 0 Å². The summed E-state index contributed by atoms with van der Waals surface area (Å²) in [6, 6.07) is 6.31. The molecule has 24 heavy (non-hydrogen) atoms. The van der Waals surface area contributed by atoms with Crippen molar-refractivity contribution in [3.05, 3.63) is 23.8 Å². The van der Waals surface area contributed by atoms with E-state index >= 15 is 0 Å². The van der Waals surface area contributed by atoms with Gasteiger partial charge < -0.3 is 14.5 Å². The summed E-state index contributed by atoms with van der Waals surface area (Å²) in [6.45, 7) is 7.69. The average molecular weight is 348 g/mol. The van der Waals surface area contributed by atoms with E-state index in [-0.39, 0.29) is 16.9 Å². The van der Waals surface area contributed by atoms with Crippen molar-refractivity contribution in [1.82, 2.24) is 0 Å². The predicted molar refractivity (Wildman–Crippen MR) is 97.8 cm³/mol. The van der Waals surface area contributed by atoms with Crippen molar-refractivity contribution in [2.75, 3.05) is 48.4 Å². The standard InChI is InChI=1S/C18H24N2O3S/c1-13-9-16(19-5-7-23-8-6-19)3-4-17(13)20-11-15(10-18(20)22)12-24-14(2)21/h3-4,9,15H,5-8,10-12H2,1-2H3. The quantitative estimate of drug-likeness (QED) is 0.837. The van der Waals surface area contributed by atoms with Crippen molar-refractivity contribution in [2.45, 2.75) is 20.3 Å². The number of hydrogen-bond donors (Lipinski definition) is 0. The molecule has 0 aromatic heterocycles. The molecule has 1 aromatic rings. The Morgan fingerprint density at radius 2 is 2.08 bits per heavy atom. The minimum Gasteiger partial charge on any atom is -0.378 e. The van der Waals surface area contributed by atoms with E-state index in [9.17, 15) is 9.59 Å². The fourth-order valence-electron chi connectivity index (χ4n) is 3.32. The summed E-state index contributed by atoms with van der Waals surface area (Å²) >= 11 is 1.32. The number of aryl methyl sites for hydroxylation is 1. The van der Waals surface area contributed by atoms with Gasteiger partial charge in [0.1, 0.15) is 0 Å². The lowest BCUT2D eigenvalue weighted by molar-refractivity contribution is -0.117. The number of thioether (sulfide) groups is 1. The number of anilines is 2. The molecule has 6 heteroatoms. The number of amides is 1. The number of nitrogens with zero attached hydrogens (tertiary/aromatic N) is 2.